The van der Waals surface area contributed by atoms with Gasteiger partial charge in [-0.15, -0.1) is 0 Å². The van der Waals surface area contributed by atoms with Crippen molar-refractivity contribution >= 4 is 23.2 Å². The van der Waals surface area contributed by atoms with Gasteiger partial charge in [0.1, 0.15) is 5.75 Å². The molecule has 1 aliphatic rings. The van der Waals surface area contributed by atoms with Crippen LogP contribution < -0.4 is 19.5 Å². The third-order valence-electron chi connectivity index (χ3n) is 5.85. The molecule has 4 rings (SSSR count). The minimum Gasteiger partial charge on any atom is -0.495 e. The standard InChI is InChI=1S/C24H27ClN4O5/c1-31-19-7-5-17(25)13-18(19)26-24(30)15-8-10-29(11-9-15)14-22-27-23(28-34-22)16-4-6-20(32-2)21(12-16)33-3/h4-7,12-13,15H,8-11,14H2,1-3H3,(H,26,30). The molecule has 3 aromatic rings. The molecule has 9 nitrogen and oxygen atoms in total. The first kappa shape index (κ1) is 23.8. The maximum atomic E-state index is 12.8. The number of ether oxygens (including phenoxy) is 3. The van der Waals surface area contributed by atoms with Crippen molar-refractivity contribution < 1.29 is 23.5 Å². The van der Waals surface area contributed by atoms with Crippen molar-refractivity contribution in [3.05, 3.63) is 47.3 Å². The van der Waals surface area contributed by atoms with Crippen molar-refractivity contribution in [1.82, 2.24) is 15.0 Å². The minimum absolute atomic E-state index is 0.0336. The molecule has 34 heavy (non-hydrogen) atoms. The fraction of sp³-hybridized carbons (Fsp3) is 0.375. The van der Waals surface area contributed by atoms with Gasteiger partial charge in [-0.2, -0.15) is 4.98 Å². The quantitative estimate of drug-likeness (QED) is 0.504. The van der Waals surface area contributed by atoms with Gasteiger partial charge in [0, 0.05) is 16.5 Å². The summed E-state index contributed by atoms with van der Waals surface area (Å²) in [7, 11) is 4.73. The lowest BCUT2D eigenvalue weighted by Crippen LogP contribution is -2.37. The minimum atomic E-state index is -0.0926. The molecule has 1 amide bonds. The van der Waals surface area contributed by atoms with Crippen LogP contribution in [-0.4, -0.2) is 55.4 Å². The maximum Gasteiger partial charge on any atom is 0.241 e. The highest BCUT2D eigenvalue weighted by atomic mass is 35.5. The van der Waals surface area contributed by atoms with Crippen molar-refractivity contribution in [1.29, 1.82) is 0 Å². The second-order valence-electron chi connectivity index (χ2n) is 7.97. The van der Waals surface area contributed by atoms with E-state index >= 15 is 0 Å². The molecule has 0 spiro atoms. The molecule has 0 aliphatic carbocycles. The van der Waals surface area contributed by atoms with E-state index in [9.17, 15) is 4.79 Å². The number of methoxy groups -OCH3 is 3. The number of hydrogen-bond donors (Lipinski definition) is 1. The summed E-state index contributed by atoms with van der Waals surface area (Å²) in [6, 6.07) is 10.6. The molecule has 1 aromatic heterocycles. The van der Waals surface area contributed by atoms with Gasteiger partial charge in [0.25, 0.3) is 0 Å². The summed E-state index contributed by atoms with van der Waals surface area (Å²) in [5.41, 5.74) is 1.36. The lowest BCUT2D eigenvalue weighted by Gasteiger charge is -2.30. The molecule has 2 aromatic carbocycles. The lowest BCUT2D eigenvalue weighted by atomic mass is 9.96. The fourth-order valence-electron chi connectivity index (χ4n) is 3.97. The van der Waals surface area contributed by atoms with Crippen LogP contribution in [0.5, 0.6) is 17.2 Å². The molecule has 1 fully saturated rings. The van der Waals surface area contributed by atoms with Crippen molar-refractivity contribution in [3.63, 3.8) is 0 Å². The number of carbonyl (C=O) groups excluding carboxylic acids is 1. The average molecular weight is 487 g/mol. The zero-order valence-corrected chi connectivity index (χ0v) is 20.1. The van der Waals surface area contributed by atoms with Crippen LogP contribution in [0.3, 0.4) is 0 Å². The molecule has 1 N–H and O–H groups in total. The summed E-state index contributed by atoms with van der Waals surface area (Å²) >= 11 is 6.06. The average Bonchev–Trinajstić information content (AvgIpc) is 3.32. The van der Waals surface area contributed by atoms with Gasteiger partial charge in [-0.3, -0.25) is 9.69 Å². The number of hydrogen-bond acceptors (Lipinski definition) is 8. The molecule has 1 saturated heterocycles. The Morgan fingerprint density at radius 3 is 2.47 bits per heavy atom. The maximum absolute atomic E-state index is 12.8. The zero-order chi connectivity index (χ0) is 24.1. The van der Waals surface area contributed by atoms with Crippen LogP contribution in [0.15, 0.2) is 40.9 Å². The lowest BCUT2D eigenvalue weighted by molar-refractivity contribution is -0.121. The number of rotatable bonds is 8. The largest absolute Gasteiger partial charge is 0.495 e. The Hall–Kier alpha value is -3.30. The highest BCUT2D eigenvalue weighted by Crippen LogP contribution is 2.32. The van der Waals surface area contributed by atoms with E-state index in [0.717, 1.165) is 31.5 Å². The monoisotopic (exact) mass is 486 g/mol. The number of nitrogens with one attached hydrogen (secondary N) is 1. The van der Waals surface area contributed by atoms with E-state index < -0.39 is 0 Å². The Kier molecular flexibility index (Phi) is 7.54. The van der Waals surface area contributed by atoms with Gasteiger partial charge in [-0.05, 0) is 62.3 Å². The number of aromatic nitrogens is 2. The summed E-state index contributed by atoms with van der Waals surface area (Å²) < 4.78 is 21.4. The van der Waals surface area contributed by atoms with Gasteiger partial charge >= 0.3 is 0 Å². The Balaban J connectivity index is 1.32. The van der Waals surface area contributed by atoms with Crippen LogP contribution in [0, 0.1) is 5.92 Å². The topological polar surface area (TPSA) is 99.0 Å². The molecule has 0 unspecified atom stereocenters. The van der Waals surface area contributed by atoms with E-state index in [1.54, 1.807) is 45.6 Å². The van der Waals surface area contributed by atoms with Gasteiger partial charge in [0.2, 0.25) is 17.6 Å². The highest BCUT2D eigenvalue weighted by molar-refractivity contribution is 6.31. The van der Waals surface area contributed by atoms with Crippen molar-refractivity contribution in [2.75, 3.05) is 39.7 Å². The smallest absolute Gasteiger partial charge is 0.241 e. The Labute approximate surface area is 202 Å². The molecule has 0 saturated carbocycles. The third-order valence-corrected chi connectivity index (χ3v) is 6.08. The predicted molar refractivity (Wildman–Crippen MR) is 127 cm³/mol. The SMILES string of the molecule is COc1ccc(Cl)cc1NC(=O)C1CCN(Cc2nc(-c3ccc(OC)c(OC)c3)no2)CC1. The van der Waals surface area contributed by atoms with E-state index in [0.29, 0.717) is 46.2 Å². The second kappa shape index (κ2) is 10.8. The summed E-state index contributed by atoms with van der Waals surface area (Å²) in [4.78, 5) is 19.5. The first-order chi connectivity index (χ1) is 16.5. The Bertz CT molecular complexity index is 1140. The van der Waals surface area contributed by atoms with Gasteiger partial charge < -0.3 is 24.1 Å². The van der Waals surface area contributed by atoms with Gasteiger partial charge in [-0.1, -0.05) is 16.8 Å². The summed E-state index contributed by atoms with van der Waals surface area (Å²) in [5, 5.41) is 7.59. The van der Waals surface area contributed by atoms with Crippen LogP contribution in [0.25, 0.3) is 11.4 Å². The molecular weight excluding hydrogens is 460 g/mol. The predicted octanol–water partition coefficient (Wildman–Crippen LogP) is 4.27. The van der Waals surface area contributed by atoms with E-state index in [-0.39, 0.29) is 11.8 Å². The fourth-order valence-corrected chi connectivity index (χ4v) is 4.14. The summed E-state index contributed by atoms with van der Waals surface area (Å²) in [6.07, 6.45) is 1.46. The molecule has 0 bridgehead atoms. The normalized spacial score (nSPS) is 14.6. The first-order valence-corrected chi connectivity index (χ1v) is 11.3. The van der Waals surface area contributed by atoms with E-state index in [4.69, 9.17) is 30.3 Å². The van der Waals surface area contributed by atoms with Gasteiger partial charge in [0.15, 0.2) is 11.5 Å². The zero-order valence-electron chi connectivity index (χ0n) is 19.3. The Morgan fingerprint density at radius 2 is 1.76 bits per heavy atom. The number of benzene rings is 2. The molecule has 10 heteroatoms. The van der Waals surface area contributed by atoms with Gasteiger partial charge in [0.05, 0.1) is 33.6 Å². The number of carbonyl (C=O) groups is 1. The number of amides is 1. The number of nitrogens with zero attached hydrogens (tertiary/aromatic N) is 3. The number of piperidine rings is 1. The van der Waals surface area contributed by atoms with Crippen LogP contribution in [0.1, 0.15) is 18.7 Å². The van der Waals surface area contributed by atoms with E-state index in [1.165, 1.54) is 0 Å². The molecule has 0 atom stereocenters. The van der Waals surface area contributed by atoms with Crippen LogP contribution in [0.2, 0.25) is 5.02 Å². The van der Waals surface area contributed by atoms with E-state index in [2.05, 4.69) is 20.4 Å². The Morgan fingerprint density at radius 1 is 1.06 bits per heavy atom. The van der Waals surface area contributed by atoms with Crippen molar-refractivity contribution in [2.24, 2.45) is 5.92 Å². The van der Waals surface area contributed by atoms with Crippen LogP contribution in [0.4, 0.5) is 5.69 Å². The van der Waals surface area contributed by atoms with Crippen LogP contribution >= 0.6 is 11.6 Å². The number of likely N-dealkylation sites (tertiary alicyclic amines) is 1. The molecule has 2 heterocycles. The molecule has 1 aliphatic heterocycles. The molecule has 180 valence electrons. The van der Waals surface area contributed by atoms with Gasteiger partial charge in [-0.25, -0.2) is 0 Å². The van der Waals surface area contributed by atoms with Crippen molar-refractivity contribution in [2.45, 2.75) is 19.4 Å². The molecule has 0 radical (unpaired) electrons. The summed E-state index contributed by atoms with van der Waals surface area (Å²) in [5.74, 6) is 2.70. The second-order valence-corrected chi connectivity index (χ2v) is 8.40. The number of halogens is 1. The van der Waals surface area contributed by atoms with Crippen LogP contribution in [-0.2, 0) is 11.3 Å². The third kappa shape index (κ3) is 5.43. The highest BCUT2D eigenvalue weighted by Gasteiger charge is 2.27. The van der Waals surface area contributed by atoms with Crippen molar-refractivity contribution in [3.8, 4) is 28.6 Å². The first-order valence-electron chi connectivity index (χ1n) is 10.9. The summed E-state index contributed by atoms with van der Waals surface area (Å²) in [6.45, 7) is 2.02. The molecular formula is C24H27ClN4O5. The van der Waals surface area contributed by atoms with E-state index in [1.807, 2.05) is 12.1 Å². The number of anilines is 1.